The second-order valence-corrected chi connectivity index (χ2v) is 6.20. The highest BCUT2D eigenvalue weighted by Crippen LogP contribution is 2.30. The third-order valence-electron chi connectivity index (χ3n) is 3.22. The van der Waals surface area contributed by atoms with Gasteiger partial charge in [-0.2, -0.15) is 8.42 Å². The van der Waals surface area contributed by atoms with Gasteiger partial charge in [0.1, 0.15) is 16.9 Å². The lowest BCUT2D eigenvalue weighted by molar-refractivity contribution is -0.117. The summed E-state index contributed by atoms with van der Waals surface area (Å²) in [5.74, 6) is -4.34. The van der Waals surface area contributed by atoms with Crippen molar-refractivity contribution in [3.8, 4) is 0 Å². The molecule has 1 atom stereocenters. The van der Waals surface area contributed by atoms with Gasteiger partial charge < -0.3 is 9.64 Å². The summed E-state index contributed by atoms with van der Waals surface area (Å²) in [5, 5.41) is -1.63. The summed E-state index contributed by atoms with van der Waals surface area (Å²) in [4.78, 5) is 23.8. The number of rotatable bonds is 3. The van der Waals surface area contributed by atoms with Crippen LogP contribution in [0.5, 0.6) is 0 Å². The minimum Gasteiger partial charge on any atom is -0.465 e. The number of benzene rings is 1. The first-order valence-corrected chi connectivity index (χ1v) is 7.41. The molecule has 0 aliphatic carbocycles. The van der Waals surface area contributed by atoms with Gasteiger partial charge in [0.15, 0.2) is 0 Å². The highest BCUT2D eigenvalue weighted by atomic mass is 32.3. The molecule has 1 heterocycles. The number of hydrogen-bond donors (Lipinski definition) is 0. The molecule has 10 heteroatoms. The fourth-order valence-corrected chi connectivity index (χ4v) is 2.78. The van der Waals surface area contributed by atoms with Crippen LogP contribution >= 0.6 is 0 Å². The minimum absolute atomic E-state index is 0.367. The summed E-state index contributed by atoms with van der Waals surface area (Å²) in [6, 6.07) is 1.09. The summed E-state index contributed by atoms with van der Waals surface area (Å²) in [6.45, 7) is -0.624. The summed E-state index contributed by atoms with van der Waals surface area (Å²) in [6.07, 6.45) is -0.663. The molecule has 1 aliphatic rings. The Hall–Kier alpha value is -2.10. The van der Waals surface area contributed by atoms with E-state index in [1.54, 1.807) is 0 Å². The number of ether oxygens (including phenoxy) is 1. The lowest BCUT2D eigenvalue weighted by Crippen LogP contribution is -2.28. The van der Waals surface area contributed by atoms with Gasteiger partial charge in [-0.1, -0.05) is 0 Å². The van der Waals surface area contributed by atoms with Crippen LogP contribution in [0.15, 0.2) is 12.1 Å². The molecule has 2 rings (SSSR count). The number of amides is 1. The third kappa shape index (κ3) is 2.91. The van der Waals surface area contributed by atoms with Gasteiger partial charge in [0, 0.05) is 19.0 Å². The monoisotopic (exact) mass is 337 g/mol. The molecule has 0 spiro atoms. The summed E-state index contributed by atoms with van der Waals surface area (Å²) in [7, 11) is -4.00. The van der Waals surface area contributed by atoms with Crippen molar-refractivity contribution in [3.05, 3.63) is 29.3 Å². The highest BCUT2D eigenvalue weighted by molar-refractivity contribution is 7.87. The van der Waals surface area contributed by atoms with Crippen molar-refractivity contribution >= 4 is 27.8 Å². The molecule has 1 saturated heterocycles. The molecule has 0 saturated carbocycles. The summed E-state index contributed by atoms with van der Waals surface area (Å²) >= 11 is 0. The van der Waals surface area contributed by atoms with Crippen LogP contribution in [0.4, 0.5) is 18.4 Å². The normalized spacial score (nSPS) is 18.6. The van der Waals surface area contributed by atoms with Crippen LogP contribution in [0.1, 0.15) is 16.8 Å². The van der Waals surface area contributed by atoms with Gasteiger partial charge in [-0.25, -0.2) is 13.6 Å². The van der Waals surface area contributed by atoms with E-state index in [0.29, 0.717) is 11.0 Å². The maximum atomic E-state index is 13.8. The van der Waals surface area contributed by atoms with Crippen LogP contribution in [0.25, 0.3) is 0 Å². The number of carbonyl (C=O) groups excluding carboxylic acids is 2. The first-order chi connectivity index (χ1) is 10.1. The predicted molar refractivity (Wildman–Crippen MR) is 68.5 cm³/mol. The van der Waals surface area contributed by atoms with Gasteiger partial charge in [-0.3, -0.25) is 4.79 Å². The molecule has 120 valence electrons. The minimum atomic E-state index is -4.98. The van der Waals surface area contributed by atoms with E-state index in [9.17, 15) is 30.7 Å². The molecule has 1 unspecified atom stereocenters. The van der Waals surface area contributed by atoms with Gasteiger partial charge in [-0.15, -0.1) is 3.89 Å². The molecule has 1 amide bonds. The SMILES string of the molecule is COC(=O)c1cc(N2CC(S(=O)(=O)F)CC2=O)c(F)cc1F. The number of methoxy groups -OCH3 is 1. The number of esters is 1. The van der Waals surface area contributed by atoms with Gasteiger partial charge in [0.05, 0.1) is 18.4 Å². The maximum absolute atomic E-state index is 13.8. The molecule has 22 heavy (non-hydrogen) atoms. The lowest BCUT2D eigenvalue weighted by atomic mass is 10.1. The van der Waals surface area contributed by atoms with E-state index in [2.05, 4.69) is 4.74 Å². The number of carbonyl (C=O) groups is 2. The number of hydrogen-bond acceptors (Lipinski definition) is 5. The first kappa shape index (κ1) is 16.3. The largest absolute Gasteiger partial charge is 0.465 e. The van der Waals surface area contributed by atoms with Crippen LogP contribution in [0, 0.1) is 11.6 Å². The highest BCUT2D eigenvalue weighted by Gasteiger charge is 2.40. The Bertz CT molecular complexity index is 749. The van der Waals surface area contributed by atoms with Gasteiger partial charge >= 0.3 is 16.2 Å². The standard InChI is InChI=1S/C12H10F3NO5S/c1-21-12(18)7-3-10(9(14)4-8(7)13)16-5-6(2-11(16)17)22(15,19)20/h3-4,6H,2,5H2,1H3. The van der Waals surface area contributed by atoms with E-state index in [-0.39, 0.29) is 0 Å². The van der Waals surface area contributed by atoms with Crippen LogP contribution in [-0.2, 0) is 19.8 Å². The molecule has 1 fully saturated rings. The Morgan fingerprint density at radius 2 is 1.95 bits per heavy atom. The van der Waals surface area contributed by atoms with Crippen LogP contribution in [-0.4, -0.2) is 39.2 Å². The molecule has 0 bridgehead atoms. The predicted octanol–water partition coefficient (Wildman–Crippen LogP) is 1.16. The first-order valence-electron chi connectivity index (χ1n) is 5.96. The second-order valence-electron chi connectivity index (χ2n) is 4.58. The Balaban J connectivity index is 2.45. The van der Waals surface area contributed by atoms with Crippen molar-refractivity contribution in [2.24, 2.45) is 0 Å². The number of anilines is 1. The second kappa shape index (κ2) is 5.59. The molecule has 0 N–H and O–H groups in total. The van der Waals surface area contributed by atoms with Crippen molar-refractivity contribution in [1.82, 2.24) is 0 Å². The average Bonchev–Trinajstić information content (AvgIpc) is 2.80. The smallest absolute Gasteiger partial charge is 0.340 e. The van der Waals surface area contributed by atoms with E-state index in [4.69, 9.17) is 0 Å². The van der Waals surface area contributed by atoms with Crippen molar-refractivity contribution in [2.45, 2.75) is 11.7 Å². The Labute approximate surface area is 123 Å². The van der Waals surface area contributed by atoms with E-state index in [0.717, 1.165) is 13.2 Å². The van der Waals surface area contributed by atoms with E-state index >= 15 is 0 Å². The molecule has 1 aromatic rings. The Morgan fingerprint density at radius 1 is 1.32 bits per heavy atom. The fourth-order valence-electron chi connectivity index (χ4n) is 2.11. The molecule has 1 aromatic carbocycles. The molecule has 6 nitrogen and oxygen atoms in total. The van der Waals surface area contributed by atoms with Crippen LogP contribution < -0.4 is 4.90 Å². The van der Waals surface area contributed by atoms with Crippen molar-refractivity contribution in [1.29, 1.82) is 0 Å². The van der Waals surface area contributed by atoms with Gasteiger partial charge in [0.2, 0.25) is 5.91 Å². The molecular formula is C12H10F3NO5S. The van der Waals surface area contributed by atoms with E-state index in [1.807, 2.05) is 0 Å². The van der Waals surface area contributed by atoms with Crippen molar-refractivity contribution < 1.29 is 35.4 Å². The van der Waals surface area contributed by atoms with Gasteiger partial charge in [-0.05, 0) is 6.07 Å². The van der Waals surface area contributed by atoms with Crippen LogP contribution in [0.2, 0.25) is 0 Å². The number of nitrogens with zero attached hydrogens (tertiary/aromatic N) is 1. The fraction of sp³-hybridized carbons (Fsp3) is 0.333. The molecule has 1 aliphatic heterocycles. The maximum Gasteiger partial charge on any atom is 0.340 e. The third-order valence-corrected chi connectivity index (χ3v) is 4.33. The zero-order valence-corrected chi connectivity index (χ0v) is 12.0. The average molecular weight is 337 g/mol. The lowest BCUT2D eigenvalue weighted by Gasteiger charge is -2.18. The van der Waals surface area contributed by atoms with E-state index < -0.39 is 63.2 Å². The van der Waals surface area contributed by atoms with Crippen molar-refractivity contribution in [2.75, 3.05) is 18.6 Å². The molecule has 0 aromatic heterocycles. The topological polar surface area (TPSA) is 80.8 Å². The summed E-state index contributed by atoms with van der Waals surface area (Å²) in [5.41, 5.74) is -1.14. The van der Waals surface area contributed by atoms with Crippen LogP contribution in [0.3, 0.4) is 0 Å². The molecule has 0 radical (unpaired) electrons. The molecular weight excluding hydrogens is 327 g/mol. The van der Waals surface area contributed by atoms with Crippen molar-refractivity contribution in [3.63, 3.8) is 0 Å². The zero-order chi connectivity index (χ0) is 16.7. The Kier molecular flexibility index (Phi) is 4.14. The Morgan fingerprint density at radius 3 is 2.45 bits per heavy atom. The van der Waals surface area contributed by atoms with E-state index in [1.165, 1.54) is 0 Å². The zero-order valence-electron chi connectivity index (χ0n) is 11.2. The van der Waals surface area contributed by atoms with Gasteiger partial charge in [0.25, 0.3) is 0 Å². The summed E-state index contributed by atoms with van der Waals surface area (Å²) < 4.78 is 66.3. The quantitative estimate of drug-likeness (QED) is 0.611. The number of halogens is 3.